The number of phenolic OH excluding ortho intramolecular Hbond substituents is 1. The Balaban J connectivity index is 2.05. The first-order valence-corrected chi connectivity index (χ1v) is 6.81. The van der Waals surface area contributed by atoms with Gasteiger partial charge < -0.3 is 15.5 Å². The molecule has 18 heavy (non-hydrogen) atoms. The van der Waals surface area contributed by atoms with Crippen LogP contribution in [0, 0.1) is 5.92 Å². The third kappa shape index (κ3) is 2.84. The number of halogens is 1. The van der Waals surface area contributed by atoms with Crippen molar-refractivity contribution < 1.29 is 15.0 Å². The predicted octanol–water partition coefficient (Wildman–Crippen LogP) is 2.05. The van der Waals surface area contributed by atoms with Gasteiger partial charge in [-0.05, 0) is 47.0 Å². The van der Waals surface area contributed by atoms with Gasteiger partial charge in [-0.1, -0.05) is 6.42 Å². The summed E-state index contributed by atoms with van der Waals surface area (Å²) in [5, 5.41) is 21.7. The topological polar surface area (TPSA) is 69.6 Å². The predicted molar refractivity (Wildman–Crippen MR) is 71.5 cm³/mol. The van der Waals surface area contributed by atoms with Crippen LogP contribution in [0.1, 0.15) is 29.6 Å². The molecule has 1 aromatic carbocycles. The van der Waals surface area contributed by atoms with E-state index in [0.29, 0.717) is 10.0 Å². The molecular weight excluding hydrogens is 298 g/mol. The third-order valence-electron chi connectivity index (χ3n) is 3.42. The van der Waals surface area contributed by atoms with Gasteiger partial charge in [0.2, 0.25) is 0 Å². The number of carbonyl (C=O) groups excluding carboxylic acids is 1. The van der Waals surface area contributed by atoms with Gasteiger partial charge in [-0.3, -0.25) is 4.79 Å². The molecule has 2 unspecified atom stereocenters. The lowest BCUT2D eigenvalue weighted by Gasteiger charge is -2.19. The molecule has 0 spiro atoms. The minimum atomic E-state index is -0.205. The molecule has 2 atom stereocenters. The van der Waals surface area contributed by atoms with Crippen LogP contribution in [-0.2, 0) is 0 Å². The number of aromatic hydroxyl groups is 1. The molecule has 0 aliphatic heterocycles. The Kier molecular flexibility index (Phi) is 4.24. The summed E-state index contributed by atoms with van der Waals surface area (Å²) in [5.41, 5.74) is 0.430. The van der Waals surface area contributed by atoms with Gasteiger partial charge in [-0.15, -0.1) is 0 Å². The number of benzene rings is 1. The van der Waals surface area contributed by atoms with Crippen molar-refractivity contribution in [1.82, 2.24) is 5.32 Å². The van der Waals surface area contributed by atoms with Gasteiger partial charge in [0, 0.05) is 24.1 Å². The third-order valence-corrected chi connectivity index (χ3v) is 4.09. The molecule has 1 amide bonds. The van der Waals surface area contributed by atoms with Crippen molar-refractivity contribution in [2.24, 2.45) is 5.92 Å². The van der Waals surface area contributed by atoms with E-state index < -0.39 is 0 Å². The molecule has 0 bridgehead atoms. The molecule has 1 aromatic rings. The van der Waals surface area contributed by atoms with Gasteiger partial charge in [0.25, 0.3) is 5.91 Å². The first-order chi connectivity index (χ1) is 8.61. The van der Waals surface area contributed by atoms with Crippen molar-refractivity contribution >= 4 is 21.8 Å². The van der Waals surface area contributed by atoms with Crippen LogP contribution in [0.4, 0.5) is 0 Å². The second-order valence-corrected chi connectivity index (χ2v) is 5.47. The Hall–Kier alpha value is -1.07. The first-order valence-electron chi connectivity index (χ1n) is 6.02. The number of phenols is 1. The van der Waals surface area contributed by atoms with Crippen LogP contribution in [0.5, 0.6) is 5.75 Å². The Bertz CT molecular complexity index is 450. The van der Waals surface area contributed by atoms with E-state index in [1.807, 2.05) is 0 Å². The SMILES string of the molecule is O=C(NC1CCCC1CO)c1ccc(Br)c(O)c1. The van der Waals surface area contributed by atoms with Crippen LogP contribution < -0.4 is 5.32 Å². The van der Waals surface area contributed by atoms with E-state index in [1.54, 1.807) is 12.1 Å². The molecule has 1 fully saturated rings. The molecule has 1 saturated carbocycles. The number of aliphatic hydroxyl groups is 1. The summed E-state index contributed by atoms with van der Waals surface area (Å²) < 4.78 is 0.563. The van der Waals surface area contributed by atoms with Gasteiger partial charge in [0.1, 0.15) is 5.75 Å². The number of amides is 1. The Morgan fingerprint density at radius 3 is 2.89 bits per heavy atom. The molecule has 0 heterocycles. The fourth-order valence-electron chi connectivity index (χ4n) is 2.35. The van der Waals surface area contributed by atoms with Crippen LogP contribution >= 0.6 is 15.9 Å². The molecule has 0 saturated heterocycles. The zero-order valence-electron chi connectivity index (χ0n) is 9.90. The monoisotopic (exact) mass is 313 g/mol. The Morgan fingerprint density at radius 2 is 2.22 bits per heavy atom. The largest absolute Gasteiger partial charge is 0.507 e. The second-order valence-electron chi connectivity index (χ2n) is 4.62. The number of rotatable bonds is 3. The number of hydrogen-bond acceptors (Lipinski definition) is 3. The van der Waals surface area contributed by atoms with E-state index in [-0.39, 0.29) is 30.2 Å². The summed E-state index contributed by atoms with van der Waals surface area (Å²) in [6.07, 6.45) is 2.88. The van der Waals surface area contributed by atoms with Crippen LogP contribution in [0.15, 0.2) is 22.7 Å². The lowest BCUT2D eigenvalue weighted by molar-refractivity contribution is 0.0915. The van der Waals surface area contributed by atoms with Crippen molar-refractivity contribution in [2.45, 2.75) is 25.3 Å². The summed E-state index contributed by atoms with van der Waals surface area (Å²) in [7, 11) is 0. The van der Waals surface area contributed by atoms with E-state index in [4.69, 9.17) is 0 Å². The molecule has 2 rings (SSSR count). The average Bonchev–Trinajstić information content (AvgIpc) is 2.79. The van der Waals surface area contributed by atoms with Crippen LogP contribution in [0.25, 0.3) is 0 Å². The smallest absolute Gasteiger partial charge is 0.251 e. The highest BCUT2D eigenvalue weighted by Crippen LogP contribution is 2.27. The van der Waals surface area contributed by atoms with E-state index in [0.717, 1.165) is 19.3 Å². The molecule has 3 N–H and O–H groups in total. The zero-order chi connectivity index (χ0) is 13.1. The number of carbonyl (C=O) groups is 1. The Labute approximate surface area is 114 Å². The highest BCUT2D eigenvalue weighted by Gasteiger charge is 2.28. The molecule has 1 aliphatic rings. The second kappa shape index (κ2) is 5.71. The summed E-state index contributed by atoms with van der Waals surface area (Å²) in [6, 6.07) is 4.76. The van der Waals surface area contributed by atoms with Crippen LogP contribution in [0.2, 0.25) is 0 Å². The average molecular weight is 314 g/mol. The fourth-order valence-corrected chi connectivity index (χ4v) is 2.60. The van der Waals surface area contributed by atoms with Crippen molar-refractivity contribution in [3.63, 3.8) is 0 Å². The molecule has 1 aliphatic carbocycles. The quantitative estimate of drug-likeness (QED) is 0.800. The minimum absolute atomic E-state index is 0.0355. The first kappa shape index (κ1) is 13.4. The summed E-state index contributed by atoms with van der Waals surface area (Å²) in [5.74, 6) is -0.00562. The maximum atomic E-state index is 12.0. The normalized spacial score (nSPS) is 23.0. The lowest BCUT2D eigenvalue weighted by Crippen LogP contribution is -2.38. The van der Waals surface area contributed by atoms with Crippen LogP contribution in [-0.4, -0.2) is 28.8 Å². The number of nitrogens with one attached hydrogen (secondary N) is 1. The Morgan fingerprint density at radius 1 is 1.44 bits per heavy atom. The maximum absolute atomic E-state index is 12.0. The highest BCUT2D eigenvalue weighted by molar-refractivity contribution is 9.10. The summed E-state index contributed by atoms with van der Waals surface area (Å²) >= 11 is 3.17. The lowest BCUT2D eigenvalue weighted by atomic mass is 10.0. The van der Waals surface area contributed by atoms with E-state index in [1.165, 1.54) is 6.07 Å². The molecule has 4 nitrogen and oxygen atoms in total. The number of aliphatic hydroxyl groups excluding tert-OH is 1. The minimum Gasteiger partial charge on any atom is -0.507 e. The zero-order valence-corrected chi connectivity index (χ0v) is 11.5. The van der Waals surface area contributed by atoms with Gasteiger partial charge in [0.15, 0.2) is 0 Å². The van der Waals surface area contributed by atoms with Crippen molar-refractivity contribution in [1.29, 1.82) is 0 Å². The van der Waals surface area contributed by atoms with E-state index >= 15 is 0 Å². The maximum Gasteiger partial charge on any atom is 0.251 e. The standard InChI is InChI=1S/C13H16BrNO3/c14-10-5-4-8(6-12(10)17)13(18)15-11-3-1-2-9(11)7-16/h4-6,9,11,16-17H,1-3,7H2,(H,15,18). The summed E-state index contributed by atoms with van der Waals surface area (Å²) in [4.78, 5) is 12.0. The highest BCUT2D eigenvalue weighted by atomic mass is 79.9. The number of hydrogen-bond donors (Lipinski definition) is 3. The van der Waals surface area contributed by atoms with Gasteiger partial charge >= 0.3 is 0 Å². The van der Waals surface area contributed by atoms with Crippen LogP contribution in [0.3, 0.4) is 0 Å². The molecule has 0 aromatic heterocycles. The summed E-state index contributed by atoms with van der Waals surface area (Å²) in [6.45, 7) is 0.108. The fraction of sp³-hybridized carbons (Fsp3) is 0.462. The van der Waals surface area contributed by atoms with Gasteiger partial charge in [-0.25, -0.2) is 0 Å². The molecule has 98 valence electrons. The van der Waals surface area contributed by atoms with E-state index in [9.17, 15) is 15.0 Å². The molecule has 0 radical (unpaired) electrons. The van der Waals surface area contributed by atoms with Crippen molar-refractivity contribution in [3.05, 3.63) is 28.2 Å². The van der Waals surface area contributed by atoms with Gasteiger partial charge in [-0.2, -0.15) is 0 Å². The van der Waals surface area contributed by atoms with Crippen molar-refractivity contribution in [3.8, 4) is 5.75 Å². The molecular formula is C13H16BrNO3. The van der Waals surface area contributed by atoms with Gasteiger partial charge in [0.05, 0.1) is 4.47 Å². The van der Waals surface area contributed by atoms with Crippen molar-refractivity contribution in [2.75, 3.05) is 6.61 Å². The molecule has 5 heteroatoms. The van der Waals surface area contributed by atoms with E-state index in [2.05, 4.69) is 21.2 Å².